The van der Waals surface area contributed by atoms with E-state index in [9.17, 15) is 9.18 Å². The van der Waals surface area contributed by atoms with E-state index in [1.807, 2.05) is 41.5 Å². The molecule has 0 aliphatic carbocycles. The van der Waals surface area contributed by atoms with Gasteiger partial charge in [-0.15, -0.1) is 0 Å². The van der Waals surface area contributed by atoms with Crippen molar-refractivity contribution >= 4 is 17.7 Å². The largest absolute Gasteiger partial charge is 0.309 e. The maximum Gasteiger partial charge on any atom is 0.276 e. The van der Waals surface area contributed by atoms with E-state index in [0.717, 1.165) is 11.3 Å². The molecule has 0 unspecified atom stereocenters. The van der Waals surface area contributed by atoms with Crippen LogP contribution in [0, 0.1) is 5.82 Å². The Morgan fingerprint density at radius 3 is 2.31 bits per heavy atom. The van der Waals surface area contributed by atoms with Crippen molar-refractivity contribution in [3.63, 3.8) is 0 Å². The lowest BCUT2D eigenvalue weighted by Crippen LogP contribution is -2.38. The summed E-state index contributed by atoms with van der Waals surface area (Å²) in [6, 6.07) is 9.64. The Labute approximate surface area is 187 Å². The van der Waals surface area contributed by atoms with Crippen LogP contribution in [-0.4, -0.2) is 37.4 Å². The fraction of sp³-hybridized carbons (Fsp3) is 0.391. The summed E-state index contributed by atoms with van der Waals surface area (Å²) in [7, 11) is 1.74. The molecule has 2 heterocycles. The number of benzene rings is 1. The Morgan fingerprint density at radius 2 is 1.75 bits per heavy atom. The van der Waals surface area contributed by atoms with E-state index in [4.69, 9.17) is 0 Å². The molecule has 0 spiro atoms. The van der Waals surface area contributed by atoms with E-state index in [1.165, 1.54) is 12.1 Å². The number of halogens is 1. The molecule has 0 saturated heterocycles. The van der Waals surface area contributed by atoms with Gasteiger partial charge in [0.15, 0.2) is 5.82 Å². The lowest BCUT2D eigenvalue weighted by molar-refractivity contribution is 0.0967. The quantitative estimate of drug-likeness (QED) is 0.420. The average molecular weight is 440 g/mol. The van der Waals surface area contributed by atoms with Gasteiger partial charge in [0, 0.05) is 18.5 Å². The van der Waals surface area contributed by atoms with E-state index in [-0.39, 0.29) is 23.1 Å². The maximum absolute atomic E-state index is 13.2. The molecule has 0 aliphatic rings. The Balaban J connectivity index is 1.83. The molecule has 32 heavy (non-hydrogen) atoms. The Morgan fingerprint density at radius 1 is 1.09 bits per heavy atom. The smallest absolute Gasteiger partial charge is 0.276 e. The molecule has 1 amide bonds. The van der Waals surface area contributed by atoms with Crippen LogP contribution in [0.2, 0.25) is 0 Å². The number of guanidine groups is 1. The number of hydrogen-bond donors (Lipinski definition) is 3. The summed E-state index contributed by atoms with van der Waals surface area (Å²) in [5.41, 5.74) is 2.11. The number of rotatable bonds is 3. The number of carbonyl (C=O) groups is 1. The van der Waals surface area contributed by atoms with Gasteiger partial charge in [0.2, 0.25) is 5.96 Å². The molecule has 1 aromatic carbocycles. The fourth-order valence-electron chi connectivity index (χ4n) is 2.92. The molecule has 170 valence electrons. The highest BCUT2D eigenvalue weighted by molar-refractivity contribution is 6.09. The van der Waals surface area contributed by atoms with Gasteiger partial charge in [0.25, 0.3) is 5.91 Å². The zero-order chi connectivity index (χ0) is 23.7. The molecule has 3 N–H and O–H groups in total. The van der Waals surface area contributed by atoms with Crippen molar-refractivity contribution in [1.82, 2.24) is 25.3 Å². The van der Waals surface area contributed by atoms with Crippen LogP contribution in [0.1, 0.15) is 57.7 Å². The first-order valence-corrected chi connectivity index (χ1v) is 10.4. The van der Waals surface area contributed by atoms with E-state index < -0.39 is 5.54 Å². The number of amides is 1. The second kappa shape index (κ2) is 8.57. The fourth-order valence-corrected chi connectivity index (χ4v) is 2.92. The third kappa shape index (κ3) is 5.81. The molecule has 9 heteroatoms. The minimum Gasteiger partial charge on any atom is -0.309 e. The Hall–Kier alpha value is -3.49. The van der Waals surface area contributed by atoms with Crippen molar-refractivity contribution < 1.29 is 9.18 Å². The molecule has 3 aromatic rings. The molecule has 0 saturated carbocycles. The summed E-state index contributed by atoms with van der Waals surface area (Å²) in [4.78, 5) is 17.6. The monoisotopic (exact) mass is 439 g/mol. The number of aromatic amines is 1. The van der Waals surface area contributed by atoms with Crippen LogP contribution in [0.15, 0.2) is 41.4 Å². The second-order valence-electron chi connectivity index (χ2n) is 9.67. The molecule has 0 radical (unpaired) electrons. The first kappa shape index (κ1) is 23.2. The normalized spacial score (nSPS) is 12.7. The molecular weight excluding hydrogens is 409 g/mol. The highest BCUT2D eigenvalue weighted by atomic mass is 19.1. The number of H-pyrrole nitrogens is 1. The van der Waals surface area contributed by atoms with Crippen molar-refractivity contribution in [2.75, 3.05) is 5.32 Å². The number of hydrogen-bond acceptors (Lipinski definition) is 4. The van der Waals surface area contributed by atoms with Gasteiger partial charge in [0.1, 0.15) is 11.5 Å². The molecule has 0 fully saturated rings. The number of nitrogens with zero attached hydrogens (tertiary/aromatic N) is 4. The van der Waals surface area contributed by atoms with E-state index in [2.05, 4.69) is 30.9 Å². The Kier molecular flexibility index (Phi) is 6.20. The van der Waals surface area contributed by atoms with Gasteiger partial charge in [-0.3, -0.25) is 19.9 Å². The van der Waals surface area contributed by atoms with Crippen molar-refractivity contribution in [3.05, 3.63) is 53.6 Å². The standard InChI is InChI=1S/C23H30FN7O/c1-22(2,3)18-13-17(31(7)30-18)20(32)26-21(27-23(4,5)6)25-19-12-16(28-29-19)14-8-10-15(24)11-9-14/h8-13H,1-7H3,(H3,25,26,27,28,29,32). The molecule has 0 atom stereocenters. The molecule has 3 rings (SSSR count). The van der Waals surface area contributed by atoms with E-state index in [1.54, 1.807) is 36.0 Å². The van der Waals surface area contributed by atoms with Crippen molar-refractivity contribution in [2.24, 2.45) is 12.0 Å². The van der Waals surface area contributed by atoms with Gasteiger partial charge in [0.05, 0.1) is 16.9 Å². The number of aliphatic imine (C=N–C) groups is 1. The predicted octanol–water partition coefficient (Wildman–Crippen LogP) is 4.24. The van der Waals surface area contributed by atoms with Crippen molar-refractivity contribution in [2.45, 2.75) is 52.5 Å². The zero-order valence-corrected chi connectivity index (χ0v) is 19.5. The van der Waals surface area contributed by atoms with Crippen molar-refractivity contribution in [3.8, 4) is 11.3 Å². The Bertz CT molecular complexity index is 1130. The average Bonchev–Trinajstić information content (AvgIpc) is 3.27. The highest BCUT2D eigenvalue weighted by Crippen LogP contribution is 2.22. The molecular formula is C23H30FN7O. The summed E-state index contributed by atoms with van der Waals surface area (Å²) in [6.45, 7) is 11.9. The summed E-state index contributed by atoms with van der Waals surface area (Å²) in [5.74, 6) is 0.0881. The van der Waals surface area contributed by atoms with Gasteiger partial charge in [-0.05, 0) is 56.7 Å². The lowest BCUT2D eigenvalue weighted by Gasteiger charge is -2.17. The van der Waals surface area contributed by atoms with Gasteiger partial charge in [-0.1, -0.05) is 20.8 Å². The first-order chi connectivity index (χ1) is 14.8. The lowest BCUT2D eigenvalue weighted by atomic mass is 9.92. The molecule has 0 aliphatic heterocycles. The molecule has 8 nitrogen and oxygen atoms in total. The number of anilines is 1. The summed E-state index contributed by atoms with van der Waals surface area (Å²) in [5, 5.41) is 17.5. The van der Waals surface area contributed by atoms with Crippen LogP contribution in [0.25, 0.3) is 11.3 Å². The zero-order valence-electron chi connectivity index (χ0n) is 19.5. The summed E-state index contributed by atoms with van der Waals surface area (Å²) in [6.07, 6.45) is 0. The number of carbonyl (C=O) groups excluding carboxylic acids is 1. The molecule has 2 aromatic heterocycles. The van der Waals surface area contributed by atoms with Gasteiger partial charge >= 0.3 is 0 Å². The van der Waals surface area contributed by atoms with Crippen LogP contribution in [0.4, 0.5) is 10.2 Å². The second-order valence-corrected chi connectivity index (χ2v) is 9.67. The highest BCUT2D eigenvalue weighted by Gasteiger charge is 2.23. The van der Waals surface area contributed by atoms with Crippen molar-refractivity contribution in [1.29, 1.82) is 0 Å². The number of aromatic nitrogens is 4. The summed E-state index contributed by atoms with van der Waals surface area (Å²) >= 11 is 0. The minimum atomic E-state index is -0.450. The minimum absolute atomic E-state index is 0.178. The van der Waals surface area contributed by atoms with E-state index in [0.29, 0.717) is 17.2 Å². The van der Waals surface area contributed by atoms with Crippen LogP contribution in [0.5, 0.6) is 0 Å². The van der Waals surface area contributed by atoms with Crippen LogP contribution in [-0.2, 0) is 12.5 Å². The maximum atomic E-state index is 13.2. The third-order valence-corrected chi connectivity index (χ3v) is 4.54. The molecule has 0 bridgehead atoms. The van der Waals surface area contributed by atoms with Crippen LogP contribution >= 0.6 is 0 Å². The first-order valence-electron chi connectivity index (χ1n) is 10.4. The van der Waals surface area contributed by atoms with Crippen LogP contribution < -0.4 is 10.6 Å². The van der Waals surface area contributed by atoms with E-state index >= 15 is 0 Å². The predicted molar refractivity (Wildman–Crippen MR) is 124 cm³/mol. The van der Waals surface area contributed by atoms with Gasteiger partial charge in [-0.2, -0.15) is 10.2 Å². The third-order valence-electron chi connectivity index (χ3n) is 4.54. The van der Waals surface area contributed by atoms with Gasteiger partial charge < -0.3 is 5.32 Å². The van der Waals surface area contributed by atoms with Crippen LogP contribution in [0.3, 0.4) is 0 Å². The number of nitrogens with one attached hydrogen (secondary N) is 3. The SMILES string of the molecule is Cn1nc(C(C)(C)C)cc1C(=O)NC(=NC(C)(C)C)Nc1cc(-c2ccc(F)cc2)[nH]n1. The van der Waals surface area contributed by atoms with Gasteiger partial charge in [-0.25, -0.2) is 9.38 Å². The number of aryl methyl sites for hydroxylation is 1. The summed E-state index contributed by atoms with van der Waals surface area (Å²) < 4.78 is 14.8. The topological polar surface area (TPSA) is 100.0 Å².